The van der Waals surface area contributed by atoms with Gasteiger partial charge in [0.2, 0.25) is 5.88 Å². The van der Waals surface area contributed by atoms with E-state index in [-0.39, 0.29) is 5.88 Å². The number of hydrogen-bond acceptors (Lipinski definition) is 4. The third-order valence-corrected chi connectivity index (χ3v) is 5.01. The molecule has 0 aliphatic carbocycles. The molecule has 20 heavy (non-hydrogen) atoms. The number of rotatable bonds is 2. The second-order valence-electron chi connectivity index (χ2n) is 4.04. The number of thiophene rings is 1. The van der Waals surface area contributed by atoms with Crippen molar-refractivity contribution in [1.82, 2.24) is 5.16 Å². The molecular weight excluding hydrogens is 383 g/mol. The van der Waals surface area contributed by atoms with Crippen LogP contribution in [0.5, 0.6) is 0 Å². The average Bonchev–Trinajstić information content (AvgIpc) is 2.99. The molecule has 0 atom stereocenters. The Morgan fingerprint density at radius 2 is 1.95 bits per heavy atom. The van der Waals surface area contributed by atoms with Crippen LogP contribution >= 0.6 is 50.5 Å². The van der Waals surface area contributed by atoms with E-state index in [9.17, 15) is 0 Å². The minimum atomic E-state index is 0.251. The van der Waals surface area contributed by atoms with Crippen LogP contribution in [0.3, 0.4) is 0 Å². The Labute approximate surface area is 137 Å². The van der Waals surface area contributed by atoms with Gasteiger partial charge in [-0.25, -0.2) is 0 Å². The van der Waals surface area contributed by atoms with E-state index in [2.05, 4.69) is 21.1 Å². The van der Waals surface area contributed by atoms with Gasteiger partial charge in [-0.3, -0.25) is 0 Å². The molecule has 0 radical (unpaired) electrons. The van der Waals surface area contributed by atoms with Crippen molar-refractivity contribution in [2.24, 2.45) is 0 Å². The van der Waals surface area contributed by atoms with Crippen molar-refractivity contribution in [1.29, 1.82) is 0 Å². The summed E-state index contributed by atoms with van der Waals surface area (Å²) in [5.74, 6) is 0.251. The van der Waals surface area contributed by atoms with Crippen LogP contribution in [-0.4, -0.2) is 5.16 Å². The van der Waals surface area contributed by atoms with Gasteiger partial charge in [-0.2, -0.15) is 0 Å². The van der Waals surface area contributed by atoms with E-state index in [1.807, 2.05) is 17.5 Å². The topological polar surface area (TPSA) is 52.0 Å². The van der Waals surface area contributed by atoms with Crippen LogP contribution in [0.2, 0.25) is 10.0 Å². The lowest BCUT2D eigenvalue weighted by molar-refractivity contribution is 0.439. The molecule has 0 spiro atoms. The lowest BCUT2D eigenvalue weighted by atomic mass is 10.0. The summed E-state index contributed by atoms with van der Waals surface area (Å²) in [4.78, 5) is 0. The van der Waals surface area contributed by atoms with Crippen molar-refractivity contribution >= 4 is 56.4 Å². The van der Waals surface area contributed by atoms with E-state index in [4.69, 9.17) is 33.5 Å². The molecule has 0 fully saturated rings. The van der Waals surface area contributed by atoms with Gasteiger partial charge in [0.1, 0.15) is 5.69 Å². The normalized spacial score (nSPS) is 10.9. The summed E-state index contributed by atoms with van der Waals surface area (Å²) in [5.41, 5.74) is 9.04. The van der Waals surface area contributed by atoms with Crippen LogP contribution in [0.15, 0.2) is 38.0 Å². The van der Waals surface area contributed by atoms with Gasteiger partial charge in [0.05, 0.1) is 19.4 Å². The van der Waals surface area contributed by atoms with Crippen molar-refractivity contribution in [3.63, 3.8) is 0 Å². The largest absolute Gasteiger partial charge is 0.367 e. The van der Waals surface area contributed by atoms with E-state index in [1.54, 1.807) is 23.5 Å². The Morgan fingerprint density at radius 1 is 1.15 bits per heavy atom. The number of halogens is 3. The Morgan fingerprint density at radius 3 is 2.60 bits per heavy atom. The van der Waals surface area contributed by atoms with Gasteiger partial charge < -0.3 is 10.3 Å². The monoisotopic (exact) mass is 388 g/mol. The molecule has 0 saturated heterocycles. The first-order valence-electron chi connectivity index (χ1n) is 5.51. The second kappa shape index (κ2) is 5.41. The number of benzene rings is 1. The third kappa shape index (κ3) is 2.46. The first kappa shape index (κ1) is 13.9. The van der Waals surface area contributed by atoms with Gasteiger partial charge >= 0.3 is 0 Å². The molecule has 7 heteroatoms. The highest BCUT2D eigenvalue weighted by molar-refractivity contribution is 9.11. The molecule has 0 bridgehead atoms. The average molecular weight is 390 g/mol. The van der Waals surface area contributed by atoms with Crippen molar-refractivity contribution < 1.29 is 4.52 Å². The Balaban J connectivity index is 2.18. The molecule has 0 amide bonds. The van der Waals surface area contributed by atoms with Gasteiger partial charge in [-0.05, 0) is 39.7 Å². The maximum absolute atomic E-state index is 6.06. The van der Waals surface area contributed by atoms with E-state index >= 15 is 0 Å². The number of nitrogen functional groups attached to an aromatic ring is 1. The summed E-state index contributed by atoms with van der Waals surface area (Å²) >= 11 is 17.0. The summed E-state index contributed by atoms with van der Waals surface area (Å²) in [5, 5.41) is 6.96. The molecule has 0 aliphatic rings. The van der Waals surface area contributed by atoms with Crippen LogP contribution < -0.4 is 5.73 Å². The highest BCUT2D eigenvalue weighted by Gasteiger charge is 2.19. The van der Waals surface area contributed by atoms with Gasteiger partial charge in [0, 0.05) is 10.9 Å². The molecule has 2 heterocycles. The van der Waals surface area contributed by atoms with Gasteiger partial charge in [-0.15, -0.1) is 11.3 Å². The number of anilines is 1. The van der Waals surface area contributed by atoms with Crippen LogP contribution in [0.25, 0.3) is 22.4 Å². The van der Waals surface area contributed by atoms with E-state index in [0.717, 1.165) is 14.9 Å². The summed E-state index contributed by atoms with van der Waals surface area (Å²) < 4.78 is 6.13. The summed E-state index contributed by atoms with van der Waals surface area (Å²) in [6.45, 7) is 0. The molecule has 2 aromatic heterocycles. The molecule has 3 aromatic rings. The highest BCUT2D eigenvalue weighted by atomic mass is 79.9. The van der Waals surface area contributed by atoms with E-state index < -0.39 is 0 Å². The van der Waals surface area contributed by atoms with Gasteiger partial charge in [-0.1, -0.05) is 34.4 Å². The Hall–Kier alpha value is -1.01. The zero-order valence-electron chi connectivity index (χ0n) is 9.86. The number of nitrogens with two attached hydrogens (primary N) is 1. The minimum Gasteiger partial charge on any atom is -0.367 e. The highest BCUT2D eigenvalue weighted by Crippen LogP contribution is 2.40. The summed E-state index contributed by atoms with van der Waals surface area (Å²) in [6, 6.07) is 7.27. The molecule has 0 saturated carbocycles. The second-order valence-corrected chi connectivity index (χ2v) is 7.14. The molecule has 3 nitrogen and oxygen atoms in total. The smallest absolute Gasteiger partial charge is 0.230 e. The maximum Gasteiger partial charge on any atom is 0.230 e. The third-order valence-electron chi connectivity index (χ3n) is 2.77. The maximum atomic E-state index is 6.06. The Kier molecular flexibility index (Phi) is 3.77. The van der Waals surface area contributed by atoms with E-state index in [0.29, 0.717) is 21.3 Å². The first-order valence-corrected chi connectivity index (χ1v) is 7.94. The minimum absolute atomic E-state index is 0.251. The van der Waals surface area contributed by atoms with Gasteiger partial charge in [0.15, 0.2) is 0 Å². The predicted molar refractivity (Wildman–Crippen MR) is 87.4 cm³/mol. The molecule has 3 rings (SSSR count). The van der Waals surface area contributed by atoms with E-state index in [1.165, 1.54) is 0 Å². The molecule has 0 aliphatic heterocycles. The fourth-order valence-electron chi connectivity index (χ4n) is 1.86. The first-order chi connectivity index (χ1) is 9.56. The number of aromatic nitrogens is 1. The van der Waals surface area contributed by atoms with Crippen LogP contribution in [0.4, 0.5) is 5.88 Å². The molecule has 2 N–H and O–H groups in total. The van der Waals surface area contributed by atoms with Crippen molar-refractivity contribution in [3.05, 3.63) is 43.5 Å². The zero-order valence-corrected chi connectivity index (χ0v) is 13.8. The fourth-order valence-corrected chi connectivity index (χ4v) is 3.30. The molecular formula is C13H7BrCl2N2OS. The Bertz CT molecular complexity index is 785. The molecule has 1 aromatic carbocycles. The SMILES string of the molecule is Nc1onc(-c2csc(Br)c2)c1-c1ccc(Cl)c(Cl)c1. The predicted octanol–water partition coefficient (Wildman–Crippen LogP) is 5.72. The van der Waals surface area contributed by atoms with Crippen LogP contribution in [-0.2, 0) is 0 Å². The number of hydrogen-bond donors (Lipinski definition) is 1. The van der Waals surface area contributed by atoms with Crippen LogP contribution in [0, 0.1) is 0 Å². The summed E-state index contributed by atoms with van der Waals surface area (Å²) in [6.07, 6.45) is 0. The van der Waals surface area contributed by atoms with Crippen molar-refractivity contribution in [2.75, 3.05) is 5.73 Å². The fraction of sp³-hybridized carbons (Fsp3) is 0. The van der Waals surface area contributed by atoms with Crippen LogP contribution in [0.1, 0.15) is 0 Å². The van der Waals surface area contributed by atoms with Crippen molar-refractivity contribution in [2.45, 2.75) is 0 Å². The molecule has 102 valence electrons. The zero-order chi connectivity index (χ0) is 14.3. The van der Waals surface area contributed by atoms with Crippen molar-refractivity contribution in [3.8, 4) is 22.4 Å². The lowest BCUT2D eigenvalue weighted by Gasteiger charge is -2.03. The summed E-state index contributed by atoms with van der Waals surface area (Å²) in [7, 11) is 0. The van der Waals surface area contributed by atoms with Gasteiger partial charge in [0.25, 0.3) is 0 Å². The quantitative estimate of drug-likeness (QED) is 0.609. The number of nitrogens with zero attached hydrogens (tertiary/aromatic N) is 1. The standard InChI is InChI=1S/C13H7BrCl2N2OS/c14-10-4-7(5-20-10)12-11(13(17)19-18-12)6-1-2-8(15)9(16)3-6/h1-5H,17H2. The lowest BCUT2D eigenvalue weighted by Crippen LogP contribution is -1.87. The molecule has 0 unspecified atom stereocenters.